The molecule has 1 aromatic carbocycles. The van der Waals surface area contributed by atoms with Crippen LogP contribution in [0.1, 0.15) is 16.8 Å². The van der Waals surface area contributed by atoms with Gasteiger partial charge < -0.3 is 11.1 Å². The number of nitrogens with zero attached hydrogens (tertiary/aromatic N) is 2. The largest absolute Gasteiger partial charge is 0.416 e. The number of nitrogens with two attached hydrogens (primary N) is 1. The maximum absolute atomic E-state index is 12.7. The van der Waals surface area contributed by atoms with Crippen molar-refractivity contribution in [2.24, 2.45) is 12.8 Å². The van der Waals surface area contributed by atoms with E-state index in [9.17, 15) is 13.2 Å². The highest BCUT2D eigenvalue weighted by molar-refractivity contribution is 7.80. The summed E-state index contributed by atoms with van der Waals surface area (Å²) in [5.41, 5.74) is 6.08. The number of aromatic nitrogens is 2. The molecule has 1 heterocycles. The summed E-state index contributed by atoms with van der Waals surface area (Å²) in [6.45, 7) is 0.363. The average molecular weight is 314 g/mol. The fourth-order valence-electron chi connectivity index (χ4n) is 1.82. The summed E-state index contributed by atoms with van der Waals surface area (Å²) in [6.07, 6.45) is -2.66. The zero-order valence-electron chi connectivity index (χ0n) is 11.1. The van der Waals surface area contributed by atoms with Crippen molar-refractivity contribution in [1.82, 2.24) is 9.78 Å². The van der Waals surface area contributed by atoms with Crippen LogP contribution >= 0.6 is 12.2 Å². The Morgan fingerprint density at radius 2 is 2.10 bits per heavy atom. The van der Waals surface area contributed by atoms with E-state index in [1.807, 2.05) is 0 Å². The van der Waals surface area contributed by atoms with E-state index in [1.54, 1.807) is 24.0 Å². The van der Waals surface area contributed by atoms with Gasteiger partial charge in [0.2, 0.25) is 0 Å². The third-order valence-electron chi connectivity index (χ3n) is 2.84. The molecule has 0 radical (unpaired) electrons. The molecule has 0 atom stereocenters. The fourth-order valence-corrected chi connectivity index (χ4v) is 1.99. The van der Waals surface area contributed by atoms with Crippen molar-refractivity contribution < 1.29 is 13.2 Å². The number of aryl methyl sites for hydroxylation is 1. The third-order valence-corrected chi connectivity index (χ3v) is 3.06. The van der Waals surface area contributed by atoms with Crippen LogP contribution in [0.4, 0.5) is 18.9 Å². The number of nitrogens with one attached hydrogen (secondary N) is 1. The van der Waals surface area contributed by atoms with E-state index < -0.39 is 11.7 Å². The number of anilines is 1. The first-order valence-electron chi connectivity index (χ1n) is 6.01. The van der Waals surface area contributed by atoms with Gasteiger partial charge >= 0.3 is 6.18 Å². The Labute approximate surface area is 124 Å². The molecule has 8 heteroatoms. The lowest BCUT2D eigenvalue weighted by molar-refractivity contribution is -0.137. The van der Waals surface area contributed by atoms with Crippen LogP contribution in [0.25, 0.3) is 0 Å². The van der Waals surface area contributed by atoms with E-state index in [0.29, 0.717) is 12.2 Å². The molecule has 112 valence electrons. The van der Waals surface area contributed by atoms with Crippen molar-refractivity contribution >= 4 is 22.9 Å². The summed E-state index contributed by atoms with van der Waals surface area (Å²) in [7, 11) is 1.78. The molecule has 0 saturated carbocycles. The summed E-state index contributed by atoms with van der Waals surface area (Å²) in [5, 5.41) is 7.16. The first-order valence-corrected chi connectivity index (χ1v) is 6.41. The second-order valence-electron chi connectivity index (χ2n) is 4.46. The van der Waals surface area contributed by atoms with Gasteiger partial charge in [-0.1, -0.05) is 12.2 Å². The topological polar surface area (TPSA) is 55.9 Å². The maximum Gasteiger partial charge on any atom is 0.416 e. The third kappa shape index (κ3) is 3.72. The van der Waals surface area contributed by atoms with E-state index >= 15 is 0 Å². The highest BCUT2D eigenvalue weighted by atomic mass is 32.1. The highest BCUT2D eigenvalue weighted by Crippen LogP contribution is 2.32. The Bertz CT molecular complexity index is 664. The van der Waals surface area contributed by atoms with E-state index in [2.05, 4.69) is 10.4 Å². The van der Waals surface area contributed by atoms with Crippen LogP contribution in [0.5, 0.6) is 0 Å². The van der Waals surface area contributed by atoms with Crippen molar-refractivity contribution in [1.29, 1.82) is 0 Å². The van der Waals surface area contributed by atoms with Crippen LogP contribution in [-0.4, -0.2) is 14.8 Å². The number of benzene rings is 1. The van der Waals surface area contributed by atoms with Gasteiger partial charge in [-0.2, -0.15) is 18.3 Å². The summed E-state index contributed by atoms with van der Waals surface area (Å²) in [4.78, 5) is -0.0929. The normalized spacial score (nSPS) is 11.4. The molecule has 21 heavy (non-hydrogen) atoms. The number of alkyl halides is 3. The predicted molar refractivity (Wildman–Crippen MR) is 77.9 cm³/mol. The molecule has 2 aromatic rings. The second kappa shape index (κ2) is 5.72. The van der Waals surface area contributed by atoms with Gasteiger partial charge in [0.15, 0.2) is 0 Å². The maximum atomic E-state index is 12.7. The van der Waals surface area contributed by atoms with Gasteiger partial charge in [0, 0.05) is 24.5 Å². The van der Waals surface area contributed by atoms with Gasteiger partial charge in [-0.05, 0) is 24.3 Å². The first kappa shape index (κ1) is 15.3. The summed E-state index contributed by atoms with van der Waals surface area (Å²) in [6, 6.07) is 5.06. The van der Waals surface area contributed by atoms with E-state index in [-0.39, 0.29) is 10.6 Å². The van der Waals surface area contributed by atoms with Crippen molar-refractivity contribution in [3.63, 3.8) is 0 Å². The van der Waals surface area contributed by atoms with E-state index in [1.165, 1.54) is 6.07 Å². The molecule has 0 saturated heterocycles. The molecule has 0 spiro atoms. The molecule has 0 unspecified atom stereocenters. The minimum absolute atomic E-state index is 0.0929. The molecule has 3 N–H and O–H groups in total. The van der Waals surface area contributed by atoms with Crippen LogP contribution < -0.4 is 11.1 Å². The molecule has 0 aliphatic carbocycles. The summed E-state index contributed by atoms with van der Waals surface area (Å²) >= 11 is 4.82. The number of hydrogen-bond donors (Lipinski definition) is 2. The quantitative estimate of drug-likeness (QED) is 0.852. The zero-order chi connectivity index (χ0) is 15.6. The van der Waals surface area contributed by atoms with Gasteiger partial charge in [0.05, 0.1) is 17.8 Å². The SMILES string of the molecule is Cn1ccc(CNc2ccc(C(F)(F)F)cc2C(N)=S)n1. The Balaban J connectivity index is 2.24. The lowest BCUT2D eigenvalue weighted by Gasteiger charge is -2.14. The van der Waals surface area contributed by atoms with Gasteiger partial charge in [-0.25, -0.2) is 0 Å². The molecular weight excluding hydrogens is 301 g/mol. The molecule has 2 rings (SSSR count). The summed E-state index contributed by atoms with van der Waals surface area (Å²) in [5.74, 6) is 0. The van der Waals surface area contributed by atoms with Gasteiger partial charge in [0.25, 0.3) is 0 Å². The van der Waals surface area contributed by atoms with Gasteiger partial charge in [-0.15, -0.1) is 0 Å². The van der Waals surface area contributed by atoms with Crippen molar-refractivity contribution in [3.8, 4) is 0 Å². The number of rotatable bonds is 4. The molecule has 0 aliphatic rings. The number of halogens is 3. The summed E-state index contributed by atoms with van der Waals surface area (Å²) < 4.78 is 39.7. The van der Waals surface area contributed by atoms with Crippen molar-refractivity contribution in [2.75, 3.05) is 5.32 Å². The molecule has 1 aromatic heterocycles. The predicted octanol–water partition coefficient (Wildman–Crippen LogP) is 2.69. The fraction of sp³-hybridized carbons (Fsp3) is 0.231. The standard InChI is InChI=1S/C13H13F3N4S/c1-20-5-4-9(19-20)7-18-11-3-2-8(13(14,15)16)6-10(11)12(17)21/h2-6,18H,7H2,1H3,(H2,17,21). The molecule has 4 nitrogen and oxygen atoms in total. The second-order valence-corrected chi connectivity index (χ2v) is 4.90. The van der Waals surface area contributed by atoms with Crippen LogP contribution in [0.3, 0.4) is 0 Å². The van der Waals surface area contributed by atoms with Gasteiger partial charge in [0.1, 0.15) is 4.99 Å². The Morgan fingerprint density at radius 3 is 2.62 bits per heavy atom. The van der Waals surface area contributed by atoms with Crippen LogP contribution in [0.2, 0.25) is 0 Å². The van der Waals surface area contributed by atoms with Crippen LogP contribution in [-0.2, 0) is 19.8 Å². The average Bonchev–Trinajstić information content (AvgIpc) is 2.80. The smallest absolute Gasteiger partial charge is 0.389 e. The van der Waals surface area contributed by atoms with Crippen LogP contribution in [0, 0.1) is 0 Å². The number of hydrogen-bond acceptors (Lipinski definition) is 3. The van der Waals surface area contributed by atoms with Crippen molar-refractivity contribution in [2.45, 2.75) is 12.7 Å². The lowest BCUT2D eigenvalue weighted by Crippen LogP contribution is -2.16. The lowest BCUT2D eigenvalue weighted by atomic mass is 10.1. The highest BCUT2D eigenvalue weighted by Gasteiger charge is 2.31. The zero-order valence-corrected chi connectivity index (χ0v) is 11.9. The number of thiocarbonyl (C=S) groups is 1. The van der Waals surface area contributed by atoms with Crippen LogP contribution in [0.15, 0.2) is 30.5 Å². The minimum atomic E-state index is -4.43. The monoisotopic (exact) mass is 314 g/mol. The Hall–Kier alpha value is -2.09. The molecule has 0 bridgehead atoms. The van der Waals surface area contributed by atoms with E-state index in [4.69, 9.17) is 18.0 Å². The molecule has 0 fully saturated rings. The Morgan fingerprint density at radius 1 is 1.38 bits per heavy atom. The minimum Gasteiger partial charge on any atom is -0.389 e. The Kier molecular flexibility index (Phi) is 4.17. The molecule has 0 aliphatic heterocycles. The first-order chi connectivity index (χ1) is 9.77. The van der Waals surface area contributed by atoms with E-state index in [0.717, 1.165) is 17.8 Å². The molecule has 0 amide bonds. The molecular formula is C13H13F3N4S. The van der Waals surface area contributed by atoms with Gasteiger partial charge in [-0.3, -0.25) is 4.68 Å². The van der Waals surface area contributed by atoms with Crippen molar-refractivity contribution in [3.05, 3.63) is 47.3 Å².